The van der Waals surface area contributed by atoms with Gasteiger partial charge in [-0.1, -0.05) is 48.5 Å². The van der Waals surface area contributed by atoms with Crippen molar-refractivity contribution < 1.29 is 14.6 Å². The molecule has 7 heteroatoms. The highest BCUT2D eigenvalue weighted by atomic mass is 16.5. The molecule has 1 aliphatic carbocycles. The molecule has 7 nitrogen and oxygen atoms in total. The summed E-state index contributed by atoms with van der Waals surface area (Å²) in [6.45, 7) is 2.68. The number of carbonyl (C=O) groups excluding carboxylic acids is 1. The normalized spacial score (nSPS) is 22.2. The third-order valence-corrected chi connectivity index (χ3v) is 7.09. The maximum absolute atomic E-state index is 13.5. The largest absolute Gasteiger partial charge is 0.502 e. The number of nitrogens with zero attached hydrogens (tertiary/aromatic N) is 3. The Bertz CT molecular complexity index is 1270. The van der Waals surface area contributed by atoms with Gasteiger partial charge in [-0.3, -0.25) is 19.3 Å². The van der Waals surface area contributed by atoms with Gasteiger partial charge in [0.15, 0.2) is 11.4 Å². The first-order valence-electron chi connectivity index (χ1n) is 11.4. The smallest absolute Gasteiger partial charge is 0.278 e. The number of hydrogen-bond donors (Lipinski definition) is 1. The molecule has 0 unspecified atom stereocenters. The Hall–Kier alpha value is -3.58. The molecule has 6 rings (SSSR count). The van der Waals surface area contributed by atoms with Gasteiger partial charge in [-0.15, -0.1) is 0 Å². The lowest BCUT2D eigenvalue weighted by Crippen LogP contribution is -2.68. The van der Waals surface area contributed by atoms with Crippen molar-refractivity contribution in [3.8, 4) is 5.75 Å². The number of carbonyl (C=O) groups is 1. The molecule has 0 saturated carbocycles. The zero-order chi connectivity index (χ0) is 22.7. The van der Waals surface area contributed by atoms with Crippen LogP contribution < -0.4 is 10.4 Å². The Morgan fingerprint density at radius 1 is 0.909 bits per heavy atom. The number of morpholine rings is 1. The number of amides is 1. The van der Waals surface area contributed by atoms with Gasteiger partial charge in [0.25, 0.3) is 5.91 Å². The van der Waals surface area contributed by atoms with Crippen molar-refractivity contribution in [1.82, 2.24) is 9.58 Å². The molecule has 1 aromatic heterocycles. The number of ether oxygens (including phenoxy) is 1. The molecule has 33 heavy (non-hydrogen) atoms. The number of aromatic nitrogens is 1. The Morgan fingerprint density at radius 3 is 2.21 bits per heavy atom. The van der Waals surface area contributed by atoms with Crippen molar-refractivity contribution in [2.75, 3.05) is 18.2 Å². The first kappa shape index (κ1) is 20.1. The lowest BCUT2D eigenvalue weighted by Gasteiger charge is -2.53. The van der Waals surface area contributed by atoms with Gasteiger partial charge in [0.1, 0.15) is 6.17 Å². The molecular formula is C26H25N3O4. The zero-order valence-electron chi connectivity index (χ0n) is 18.3. The fourth-order valence-electron chi connectivity index (χ4n) is 5.59. The maximum atomic E-state index is 13.5. The maximum Gasteiger partial charge on any atom is 0.278 e. The Labute approximate surface area is 191 Å². The molecule has 1 fully saturated rings. The average molecular weight is 444 g/mol. The molecule has 1 N–H and O–H groups in total. The van der Waals surface area contributed by atoms with Crippen LogP contribution in [-0.4, -0.2) is 46.0 Å². The van der Waals surface area contributed by atoms with E-state index in [2.05, 4.69) is 41.4 Å². The van der Waals surface area contributed by atoms with Crippen LogP contribution in [0.5, 0.6) is 5.75 Å². The lowest BCUT2D eigenvalue weighted by molar-refractivity contribution is -0.0468. The van der Waals surface area contributed by atoms with Crippen LogP contribution in [0.3, 0.4) is 0 Å². The number of hydrogen-bond acceptors (Lipinski definition) is 5. The topological polar surface area (TPSA) is 75.0 Å². The van der Waals surface area contributed by atoms with E-state index >= 15 is 0 Å². The van der Waals surface area contributed by atoms with Crippen LogP contribution >= 0.6 is 0 Å². The van der Waals surface area contributed by atoms with E-state index in [1.807, 2.05) is 19.1 Å². The van der Waals surface area contributed by atoms with E-state index in [1.165, 1.54) is 17.2 Å². The van der Waals surface area contributed by atoms with Crippen molar-refractivity contribution in [3.63, 3.8) is 0 Å². The summed E-state index contributed by atoms with van der Waals surface area (Å²) in [5, 5.41) is 12.8. The molecule has 2 atom stereocenters. The van der Waals surface area contributed by atoms with Crippen molar-refractivity contribution >= 4 is 5.91 Å². The van der Waals surface area contributed by atoms with Crippen LogP contribution in [0.4, 0.5) is 0 Å². The van der Waals surface area contributed by atoms with E-state index in [9.17, 15) is 14.7 Å². The highest BCUT2D eigenvalue weighted by Gasteiger charge is 2.47. The fraction of sp³-hybridized carbons (Fsp3) is 0.308. The van der Waals surface area contributed by atoms with Crippen molar-refractivity contribution in [2.24, 2.45) is 0 Å². The second-order valence-electron chi connectivity index (χ2n) is 8.98. The van der Waals surface area contributed by atoms with Gasteiger partial charge in [-0.2, -0.15) is 0 Å². The Kier molecular flexibility index (Phi) is 4.55. The first-order chi connectivity index (χ1) is 16.1. The van der Waals surface area contributed by atoms with Gasteiger partial charge in [0.2, 0.25) is 5.43 Å². The molecule has 168 valence electrons. The van der Waals surface area contributed by atoms with Crippen LogP contribution in [-0.2, 0) is 17.6 Å². The highest BCUT2D eigenvalue weighted by molar-refractivity contribution is 5.96. The molecule has 0 spiro atoms. The van der Waals surface area contributed by atoms with Crippen LogP contribution in [0.1, 0.15) is 45.7 Å². The van der Waals surface area contributed by atoms with Crippen LogP contribution in [0.2, 0.25) is 0 Å². The Balaban J connectivity index is 1.66. The molecule has 2 aromatic carbocycles. The third-order valence-electron chi connectivity index (χ3n) is 7.09. The van der Waals surface area contributed by atoms with Crippen LogP contribution in [0.15, 0.2) is 65.6 Å². The number of aryl methyl sites for hydroxylation is 2. The van der Waals surface area contributed by atoms with Crippen LogP contribution in [0, 0.1) is 0 Å². The second kappa shape index (κ2) is 7.49. The summed E-state index contributed by atoms with van der Waals surface area (Å²) in [5.41, 5.74) is 4.25. The third kappa shape index (κ3) is 2.92. The summed E-state index contributed by atoms with van der Waals surface area (Å²) < 4.78 is 7.60. The SMILES string of the molecule is C[C@H]1COC[C@@H]2N1C(=O)c1c(O)c(=O)ccn1N2C1c2ccccc2CCc2ccccc21. The molecule has 0 bridgehead atoms. The highest BCUT2D eigenvalue weighted by Crippen LogP contribution is 2.40. The molecule has 0 radical (unpaired) electrons. The molecule has 1 amide bonds. The van der Waals surface area contributed by atoms with Gasteiger partial charge in [-0.25, -0.2) is 0 Å². The van der Waals surface area contributed by atoms with Crippen molar-refractivity contribution in [3.05, 3.63) is 99.0 Å². The summed E-state index contributed by atoms with van der Waals surface area (Å²) in [6.07, 6.45) is 3.04. The zero-order valence-corrected chi connectivity index (χ0v) is 18.3. The van der Waals surface area contributed by atoms with Crippen molar-refractivity contribution in [1.29, 1.82) is 0 Å². The summed E-state index contributed by atoms with van der Waals surface area (Å²) in [5.74, 6) is -0.864. The standard InChI is InChI=1S/C26H25N3O4/c1-16-14-33-15-22-28(16)26(32)24-25(31)21(30)12-13-27(24)29(22)23-19-8-4-2-6-17(19)10-11-18-7-3-5-9-20(18)23/h2-9,12-13,16,22-23,31H,10-11,14-15H2,1H3/t16-,22+/m0/s1. The minimum Gasteiger partial charge on any atom is -0.502 e. The molecular weight excluding hydrogens is 418 g/mol. The van der Waals surface area contributed by atoms with E-state index in [0.29, 0.717) is 13.2 Å². The average Bonchev–Trinajstić information content (AvgIpc) is 2.99. The number of benzene rings is 2. The molecule has 3 aromatic rings. The predicted molar refractivity (Wildman–Crippen MR) is 123 cm³/mol. The quantitative estimate of drug-likeness (QED) is 0.626. The summed E-state index contributed by atoms with van der Waals surface area (Å²) in [4.78, 5) is 27.6. The van der Waals surface area contributed by atoms with E-state index in [4.69, 9.17) is 4.74 Å². The minimum atomic E-state index is -0.560. The minimum absolute atomic E-state index is 0.00621. The fourth-order valence-corrected chi connectivity index (χ4v) is 5.59. The first-order valence-corrected chi connectivity index (χ1v) is 11.4. The van der Waals surface area contributed by atoms with Gasteiger partial charge in [0.05, 0.1) is 25.3 Å². The molecule has 3 heterocycles. The summed E-state index contributed by atoms with van der Waals surface area (Å²) in [7, 11) is 0. The molecule has 1 saturated heterocycles. The van der Waals surface area contributed by atoms with Gasteiger partial charge in [-0.05, 0) is 42.0 Å². The van der Waals surface area contributed by atoms with Crippen LogP contribution in [0.25, 0.3) is 0 Å². The van der Waals surface area contributed by atoms with E-state index in [1.54, 1.807) is 15.8 Å². The van der Waals surface area contributed by atoms with Gasteiger partial charge in [0, 0.05) is 12.3 Å². The predicted octanol–water partition coefficient (Wildman–Crippen LogP) is 2.58. The number of rotatable bonds is 1. The lowest BCUT2D eigenvalue weighted by atomic mass is 9.93. The van der Waals surface area contributed by atoms with E-state index in [-0.39, 0.29) is 29.9 Å². The monoisotopic (exact) mass is 443 g/mol. The molecule has 2 aliphatic heterocycles. The number of fused-ring (bicyclic) bond motifs is 4. The van der Waals surface area contributed by atoms with Gasteiger partial charge < -0.3 is 14.7 Å². The van der Waals surface area contributed by atoms with Gasteiger partial charge >= 0.3 is 0 Å². The summed E-state index contributed by atoms with van der Waals surface area (Å²) >= 11 is 0. The number of pyridine rings is 1. The second-order valence-corrected chi connectivity index (χ2v) is 8.98. The Morgan fingerprint density at radius 2 is 1.55 bits per heavy atom. The molecule has 3 aliphatic rings. The van der Waals surface area contributed by atoms with E-state index in [0.717, 1.165) is 24.0 Å². The summed E-state index contributed by atoms with van der Waals surface area (Å²) in [6, 6.07) is 17.7. The van der Waals surface area contributed by atoms with E-state index < -0.39 is 11.2 Å². The number of aromatic hydroxyl groups is 1. The van der Waals surface area contributed by atoms with Crippen molar-refractivity contribution in [2.45, 2.75) is 38.0 Å².